The maximum Gasteiger partial charge on any atom is 0.0222 e. The molecule has 0 saturated carbocycles. The van der Waals surface area contributed by atoms with E-state index in [1.807, 2.05) is 11.8 Å². The second-order valence-electron chi connectivity index (χ2n) is 5.68. The fraction of sp³-hybridized carbons (Fsp3) is 1.00. The molecular weight excluding hydrogens is 240 g/mol. The monoisotopic (exact) mass is 272 g/mol. The van der Waals surface area contributed by atoms with Crippen molar-refractivity contribution in [2.24, 2.45) is 5.92 Å². The van der Waals surface area contributed by atoms with Crippen LogP contribution in [0.3, 0.4) is 0 Å². The molecule has 1 saturated heterocycles. The maximum atomic E-state index is 3.77. The van der Waals surface area contributed by atoms with Gasteiger partial charge >= 0.3 is 0 Å². The zero-order valence-electron chi connectivity index (χ0n) is 12.9. The second-order valence-corrected chi connectivity index (χ2v) is 6.59. The third-order valence-electron chi connectivity index (χ3n) is 4.59. The summed E-state index contributed by atoms with van der Waals surface area (Å²) in [5.41, 5.74) is 0. The summed E-state index contributed by atoms with van der Waals surface area (Å²) in [6.45, 7) is 11.8. The van der Waals surface area contributed by atoms with Crippen molar-refractivity contribution in [3.05, 3.63) is 0 Å². The zero-order valence-corrected chi connectivity index (χ0v) is 13.7. The van der Waals surface area contributed by atoms with E-state index in [2.05, 4.69) is 44.2 Å². The molecule has 0 aliphatic carbocycles. The van der Waals surface area contributed by atoms with Gasteiger partial charge in [-0.1, -0.05) is 34.1 Å². The minimum absolute atomic E-state index is 0.689. The van der Waals surface area contributed by atoms with E-state index >= 15 is 0 Å². The largest absolute Gasteiger partial charge is 0.311 e. The van der Waals surface area contributed by atoms with E-state index < -0.39 is 0 Å². The zero-order chi connectivity index (χ0) is 13.5. The Kier molecular flexibility index (Phi) is 7.66. The van der Waals surface area contributed by atoms with E-state index in [0.29, 0.717) is 6.04 Å². The molecule has 1 heterocycles. The average Bonchev–Trinajstić information content (AvgIpc) is 2.43. The van der Waals surface area contributed by atoms with Crippen LogP contribution >= 0.6 is 11.8 Å². The predicted octanol–water partition coefficient (Wildman–Crippen LogP) is 3.23. The topological polar surface area (TPSA) is 15.3 Å². The molecule has 0 spiro atoms. The van der Waals surface area contributed by atoms with Gasteiger partial charge in [0.05, 0.1) is 0 Å². The summed E-state index contributed by atoms with van der Waals surface area (Å²) >= 11 is 1.99. The fourth-order valence-electron chi connectivity index (χ4n) is 2.98. The molecule has 3 heteroatoms. The Morgan fingerprint density at radius 1 is 1.28 bits per heavy atom. The summed E-state index contributed by atoms with van der Waals surface area (Å²) in [5.74, 6) is 2.07. The van der Waals surface area contributed by atoms with Crippen LogP contribution in [0.4, 0.5) is 0 Å². The van der Waals surface area contributed by atoms with Gasteiger partial charge in [0.2, 0.25) is 0 Å². The molecule has 0 amide bonds. The lowest BCUT2D eigenvalue weighted by atomic mass is 9.93. The predicted molar refractivity (Wildman–Crippen MR) is 84.5 cm³/mol. The number of nitrogens with zero attached hydrogens (tertiary/aromatic N) is 1. The quantitative estimate of drug-likeness (QED) is 0.766. The van der Waals surface area contributed by atoms with Crippen LogP contribution in [-0.4, -0.2) is 48.1 Å². The van der Waals surface area contributed by atoms with E-state index in [1.165, 1.54) is 38.1 Å². The van der Waals surface area contributed by atoms with E-state index in [-0.39, 0.29) is 0 Å². The van der Waals surface area contributed by atoms with Gasteiger partial charge in [0.1, 0.15) is 0 Å². The fourth-order valence-corrected chi connectivity index (χ4v) is 3.79. The smallest absolute Gasteiger partial charge is 0.0222 e. The van der Waals surface area contributed by atoms with Crippen LogP contribution < -0.4 is 5.32 Å². The minimum atomic E-state index is 0.689. The van der Waals surface area contributed by atoms with Crippen molar-refractivity contribution in [3.8, 4) is 0 Å². The lowest BCUT2D eigenvalue weighted by Crippen LogP contribution is -2.61. The summed E-state index contributed by atoms with van der Waals surface area (Å²) in [4.78, 5) is 2.80. The molecule has 0 aromatic heterocycles. The van der Waals surface area contributed by atoms with Crippen molar-refractivity contribution >= 4 is 11.8 Å². The molecule has 0 bridgehead atoms. The highest BCUT2D eigenvalue weighted by molar-refractivity contribution is 7.98. The SMILES string of the molecule is CCC(C)C1CN(C(CC)CSC)C(CC)CN1. The van der Waals surface area contributed by atoms with Crippen LogP contribution in [0.1, 0.15) is 47.0 Å². The van der Waals surface area contributed by atoms with E-state index in [0.717, 1.165) is 18.0 Å². The van der Waals surface area contributed by atoms with Gasteiger partial charge in [-0.3, -0.25) is 4.90 Å². The Morgan fingerprint density at radius 3 is 2.50 bits per heavy atom. The van der Waals surface area contributed by atoms with E-state index in [9.17, 15) is 0 Å². The Bertz CT molecular complexity index is 223. The van der Waals surface area contributed by atoms with Crippen LogP contribution in [0, 0.1) is 5.92 Å². The highest BCUT2D eigenvalue weighted by Gasteiger charge is 2.32. The minimum Gasteiger partial charge on any atom is -0.311 e. The Balaban J connectivity index is 2.68. The molecule has 1 N–H and O–H groups in total. The molecule has 1 aliphatic rings. The molecular formula is C15H32N2S. The molecule has 0 aromatic carbocycles. The number of nitrogens with one attached hydrogen (secondary N) is 1. The Hall–Kier alpha value is 0.270. The van der Waals surface area contributed by atoms with Crippen LogP contribution in [0.15, 0.2) is 0 Å². The van der Waals surface area contributed by atoms with Gasteiger partial charge in [-0.05, 0) is 25.0 Å². The van der Waals surface area contributed by atoms with Crippen molar-refractivity contribution < 1.29 is 0 Å². The van der Waals surface area contributed by atoms with Gasteiger partial charge in [-0.25, -0.2) is 0 Å². The Labute approximate surface area is 118 Å². The normalized spacial score (nSPS) is 29.2. The molecule has 4 unspecified atom stereocenters. The van der Waals surface area contributed by atoms with Gasteiger partial charge in [0, 0.05) is 37.0 Å². The molecule has 4 atom stereocenters. The number of piperazine rings is 1. The first-order valence-electron chi connectivity index (χ1n) is 7.65. The molecule has 1 fully saturated rings. The molecule has 1 aliphatic heterocycles. The number of hydrogen-bond acceptors (Lipinski definition) is 3. The second kappa shape index (κ2) is 8.44. The first kappa shape index (κ1) is 16.3. The van der Waals surface area contributed by atoms with Crippen LogP contribution in [0.5, 0.6) is 0 Å². The summed E-state index contributed by atoms with van der Waals surface area (Å²) in [5, 5.41) is 3.77. The average molecular weight is 273 g/mol. The molecule has 0 aromatic rings. The van der Waals surface area contributed by atoms with E-state index in [4.69, 9.17) is 0 Å². The summed E-state index contributed by atoms with van der Waals surface area (Å²) in [6.07, 6.45) is 6.06. The van der Waals surface area contributed by atoms with Gasteiger partial charge in [0.15, 0.2) is 0 Å². The van der Waals surface area contributed by atoms with Crippen molar-refractivity contribution in [2.75, 3.05) is 25.1 Å². The lowest BCUT2D eigenvalue weighted by molar-refractivity contribution is 0.0712. The summed E-state index contributed by atoms with van der Waals surface area (Å²) in [6, 6.07) is 2.19. The van der Waals surface area contributed by atoms with Gasteiger partial charge in [0.25, 0.3) is 0 Å². The van der Waals surface area contributed by atoms with Gasteiger partial charge in [-0.2, -0.15) is 11.8 Å². The number of rotatable bonds is 7. The maximum absolute atomic E-state index is 3.77. The van der Waals surface area contributed by atoms with Crippen molar-refractivity contribution in [2.45, 2.75) is 65.1 Å². The van der Waals surface area contributed by atoms with Gasteiger partial charge < -0.3 is 5.32 Å². The molecule has 1 rings (SSSR count). The molecule has 108 valence electrons. The first-order valence-corrected chi connectivity index (χ1v) is 9.05. The first-order chi connectivity index (χ1) is 8.67. The Morgan fingerprint density at radius 2 is 2.00 bits per heavy atom. The van der Waals surface area contributed by atoms with Crippen molar-refractivity contribution in [3.63, 3.8) is 0 Å². The standard InChI is InChI=1S/C15H32N2S/c1-6-12(4)15-10-17(13(7-2)9-16-15)14(8-3)11-18-5/h12-16H,6-11H2,1-5H3. The van der Waals surface area contributed by atoms with E-state index in [1.54, 1.807) is 0 Å². The third kappa shape index (κ3) is 4.14. The lowest BCUT2D eigenvalue weighted by Gasteiger charge is -2.45. The molecule has 18 heavy (non-hydrogen) atoms. The van der Waals surface area contributed by atoms with Crippen LogP contribution in [-0.2, 0) is 0 Å². The number of hydrogen-bond donors (Lipinski definition) is 1. The highest BCUT2D eigenvalue weighted by Crippen LogP contribution is 2.22. The molecule has 0 radical (unpaired) electrons. The number of thioether (sulfide) groups is 1. The highest BCUT2D eigenvalue weighted by atomic mass is 32.2. The van der Waals surface area contributed by atoms with Crippen molar-refractivity contribution in [1.29, 1.82) is 0 Å². The van der Waals surface area contributed by atoms with Crippen LogP contribution in [0.2, 0.25) is 0 Å². The van der Waals surface area contributed by atoms with Crippen LogP contribution in [0.25, 0.3) is 0 Å². The van der Waals surface area contributed by atoms with Gasteiger partial charge in [-0.15, -0.1) is 0 Å². The summed E-state index contributed by atoms with van der Waals surface area (Å²) in [7, 11) is 0. The third-order valence-corrected chi connectivity index (χ3v) is 5.31. The molecule has 2 nitrogen and oxygen atoms in total. The van der Waals surface area contributed by atoms with Crippen molar-refractivity contribution in [1.82, 2.24) is 10.2 Å². The summed E-state index contributed by atoms with van der Waals surface area (Å²) < 4.78 is 0.